The summed E-state index contributed by atoms with van der Waals surface area (Å²) >= 11 is 0. The summed E-state index contributed by atoms with van der Waals surface area (Å²) in [6, 6.07) is 7.87. The summed E-state index contributed by atoms with van der Waals surface area (Å²) in [5.41, 5.74) is 1.08. The van der Waals surface area contributed by atoms with E-state index in [0.29, 0.717) is 18.4 Å². The average Bonchev–Trinajstić information content (AvgIpc) is 2.88. The van der Waals surface area contributed by atoms with Crippen molar-refractivity contribution in [2.45, 2.75) is 20.1 Å². The van der Waals surface area contributed by atoms with Gasteiger partial charge < -0.3 is 19.2 Å². The van der Waals surface area contributed by atoms with Crippen molar-refractivity contribution in [1.82, 2.24) is 15.5 Å². The molecule has 0 saturated heterocycles. The van der Waals surface area contributed by atoms with E-state index in [1.807, 2.05) is 24.3 Å². The fourth-order valence-corrected chi connectivity index (χ4v) is 1.72. The number of ether oxygens (including phenoxy) is 2. The SMILES string of the molecule is COCCNCc1ccccc1OCc1nnc(C)o1. The number of nitrogens with zero attached hydrogens (tertiary/aromatic N) is 2. The molecule has 0 saturated carbocycles. The third kappa shape index (κ3) is 4.32. The van der Waals surface area contributed by atoms with Gasteiger partial charge in [-0.25, -0.2) is 0 Å². The lowest BCUT2D eigenvalue weighted by Crippen LogP contribution is -2.19. The van der Waals surface area contributed by atoms with Gasteiger partial charge in [-0.05, 0) is 6.07 Å². The highest BCUT2D eigenvalue weighted by atomic mass is 16.5. The molecule has 6 nitrogen and oxygen atoms in total. The molecule has 6 heteroatoms. The van der Waals surface area contributed by atoms with Crippen LogP contribution in [0.15, 0.2) is 28.7 Å². The Kier molecular flexibility index (Phi) is 5.52. The highest BCUT2D eigenvalue weighted by Gasteiger charge is 2.06. The monoisotopic (exact) mass is 277 g/mol. The van der Waals surface area contributed by atoms with Crippen LogP contribution in [0.3, 0.4) is 0 Å². The predicted octanol–water partition coefficient (Wildman–Crippen LogP) is 1.69. The predicted molar refractivity (Wildman–Crippen MR) is 73.4 cm³/mol. The summed E-state index contributed by atoms with van der Waals surface area (Å²) in [5.74, 6) is 1.83. The van der Waals surface area contributed by atoms with Crippen molar-refractivity contribution in [1.29, 1.82) is 0 Å². The maximum atomic E-state index is 5.73. The van der Waals surface area contributed by atoms with Gasteiger partial charge in [0.15, 0.2) is 6.61 Å². The lowest BCUT2D eigenvalue weighted by Gasteiger charge is -2.10. The summed E-state index contributed by atoms with van der Waals surface area (Å²) in [5, 5.41) is 11.0. The molecule has 108 valence electrons. The van der Waals surface area contributed by atoms with E-state index in [2.05, 4.69) is 15.5 Å². The molecule has 1 N–H and O–H groups in total. The third-order valence-electron chi connectivity index (χ3n) is 2.69. The molecule has 0 radical (unpaired) electrons. The largest absolute Gasteiger partial charge is 0.483 e. The maximum absolute atomic E-state index is 5.73. The zero-order valence-corrected chi connectivity index (χ0v) is 11.8. The number of nitrogens with one attached hydrogen (secondary N) is 1. The number of hydrogen-bond donors (Lipinski definition) is 1. The number of hydrogen-bond acceptors (Lipinski definition) is 6. The van der Waals surface area contributed by atoms with E-state index in [1.165, 1.54) is 0 Å². The molecular formula is C14H19N3O3. The van der Waals surface area contributed by atoms with Crippen molar-refractivity contribution < 1.29 is 13.9 Å². The number of para-hydroxylation sites is 1. The molecule has 0 fully saturated rings. The van der Waals surface area contributed by atoms with Crippen LogP contribution in [0.2, 0.25) is 0 Å². The minimum atomic E-state index is 0.274. The van der Waals surface area contributed by atoms with E-state index < -0.39 is 0 Å². The van der Waals surface area contributed by atoms with Crippen LogP contribution in [-0.2, 0) is 17.9 Å². The van der Waals surface area contributed by atoms with Crippen molar-refractivity contribution in [3.05, 3.63) is 41.6 Å². The van der Waals surface area contributed by atoms with Gasteiger partial charge in [0.2, 0.25) is 5.89 Å². The molecule has 0 aliphatic carbocycles. The van der Waals surface area contributed by atoms with Gasteiger partial charge in [0, 0.05) is 32.7 Å². The van der Waals surface area contributed by atoms with Gasteiger partial charge >= 0.3 is 0 Å². The fourth-order valence-electron chi connectivity index (χ4n) is 1.72. The first-order valence-electron chi connectivity index (χ1n) is 6.49. The first kappa shape index (κ1) is 14.5. The molecule has 1 aromatic heterocycles. The Labute approximate surface area is 118 Å². The van der Waals surface area contributed by atoms with E-state index in [0.717, 1.165) is 24.4 Å². The zero-order chi connectivity index (χ0) is 14.2. The Morgan fingerprint density at radius 1 is 1.25 bits per heavy atom. The van der Waals surface area contributed by atoms with Crippen LogP contribution < -0.4 is 10.1 Å². The van der Waals surface area contributed by atoms with Crippen LogP contribution in [0, 0.1) is 6.92 Å². The number of methoxy groups -OCH3 is 1. The molecule has 1 aromatic carbocycles. The van der Waals surface area contributed by atoms with E-state index in [1.54, 1.807) is 14.0 Å². The Bertz CT molecular complexity index is 528. The first-order valence-corrected chi connectivity index (χ1v) is 6.49. The van der Waals surface area contributed by atoms with Crippen molar-refractivity contribution in [3.8, 4) is 5.75 Å². The van der Waals surface area contributed by atoms with Gasteiger partial charge in [-0.1, -0.05) is 18.2 Å². The topological polar surface area (TPSA) is 69.4 Å². The van der Waals surface area contributed by atoms with Gasteiger partial charge in [-0.3, -0.25) is 0 Å². The van der Waals surface area contributed by atoms with E-state index in [-0.39, 0.29) is 6.61 Å². The molecule has 1 heterocycles. The van der Waals surface area contributed by atoms with Crippen molar-refractivity contribution in [2.75, 3.05) is 20.3 Å². The van der Waals surface area contributed by atoms with Crippen LogP contribution in [-0.4, -0.2) is 30.5 Å². The molecule has 2 aromatic rings. The molecular weight excluding hydrogens is 258 g/mol. The molecule has 0 unspecified atom stereocenters. The van der Waals surface area contributed by atoms with Crippen LogP contribution in [0.4, 0.5) is 0 Å². The lowest BCUT2D eigenvalue weighted by molar-refractivity contribution is 0.199. The average molecular weight is 277 g/mol. The van der Waals surface area contributed by atoms with Gasteiger partial charge in [0.1, 0.15) is 5.75 Å². The Morgan fingerprint density at radius 3 is 2.85 bits per heavy atom. The maximum Gasteiger partial charge on any atom is 0.253 e. The summed E-state index contributed by atoms with van der Waals surface area (Å²) in [6.07, 6.45) is 0. The summed E-state index contributed by atoms with van der Waals surface area (Å²) in [4.78, 5) is 0. The minimum Gasteiger partial charge on any atom is -0.483 e. The number of rotatable bonds is 8. The van der Waals surface area contributed by atoms with Crippen LogP contribution in [0.1, 0.15) is 17.3 Å². The number of benzene rings is 1. The molecule has 20 heavy (non-hydrogen) atoms. The highest BCUT2D eigenvalue weighted by molar-refractivity contribution is 5.33. The molecule has 0 bridgehead atoms. The van der Waals surface area contributed by atoms with Crippen molar-refractivity contribution in [3.63, 3.8) is 0 Å². The fraction of sp³-hybridized carbons (Fsp3) is 0.429. The Morgan fingerprint density at radius 2 is 2.10 bits per heavy atom. The molecule has 0 spiro atoms. The van der Waals surface area contributed by atoms with Crippen LogP contribution in [0.5, 0.6) is 5.75 Å². The second-order valence-corrected chi connectivity index (χ2v) is 4.28. The van der Waals surface area contributed by atoms with Gasteiger partial charge in [-0.15, -0.1) is 10.2 Å². The Hall–Kier alpha value is -1.92. The van der Waals surface area contributed by atoms with E-state index in [4.69, 9.17) is 13.9 Å². The van der Waals surface area contributed by atoms with Gasteiger partial charge in [0.05, 0.1) is 6.61 Å². The molecule has 0 amide bonds. The highest BCUT2D eigenvalue weighted by Crippen LogP contribution is 2.18. The van der Waals surface area contributed by atoms with Crippen LogP contribution >= 0.6 is 0 Å². The standard InChI is InChI=1S/C14H19N3O3/c1-11-16-17-14(20-11)10-19-13-6-4-3-5-12(13)9-15-7-8-18-2/h3-6,15H,7-10H2,1-2H3. The third-order valence-corrected chi connectivity index (χ3v) is 2.69. The summed E-state index contributed by atoms with van der Waals surface area (Å²) in [6.45, 7) is 4.24. The molecule has 0 aliphatic heterocycles. The lowest BCUT2D eigenvalue weighted by atomic mass is 10.2. The summed E-state index contributed by atoms with van der Waals surface area (Å²) in [7, 11) is 1.69. The van der Waals surface area contributed by atoms with Gasteiger partial charge in [0.25, 0.3) is 5.89 Å². The van der Waals surface area contributed by atoms with Crippen molar-refractivity contribution in [2.24, 2.45) is 0 Å². The number of aryl methyl sites for hydroxylation is 1. The minimum absolute atomic E-state index is 0.274. The van der Waals surface area contributed by atoms with Crippen molar-refractivity contribution >= 4 is 0 Å². The molecule has 2 rings (SSSR count). The first-order chi connectivity index (χ1) is 9.79. The normalized spacial score (nSPS) is 10.7. The quantitative estimate of drug-likeness (QED) is 0.741. The van der Waals surface area contributed by atoms with E-state index >= 15 is 0 Å². The number of aromatic nitrogens is 2. The zero-order valence-electron chi connectivity index (χ0n) is 11.8. The molecule has 0 aliphatic rings. The second kappa shape index (κ2) is 7.62. The Balaban J connectivity index is 1.90. The molecule has 0 atom stereocenters. The van der Waals surface area contributed by atoms with Gasteiger partial charge in [-0.2, -0.15) is 0 Å². The van der Waals surface area contributed by atoms with Crippen LogP contribution in [0.25, 0.3) is 0 Å². The summed E-state index contributed by atoms with van der Waals surface area (Å²) < 4.78 is 16.0. The smallest absolute Gasteiger partial charge is 0.253 e. The van der Waals surface area contributed by atoms with E-state index in [9.17, 15) is 0 Å². The second-order valence-electron chi connectivity index (χ2n) is 4.28.